The van der Waals surface area contributed by atoms with Gasteiger partial charge in [0.05, 0.1) is 7.11 Å². The number of rotatable bonds is 3. The van der Waals surface area contributed by atoms with E-state index >= 15 is 0 Å². The third-order valence-electron chi connectivity index (χ3n) is 5.29. The lowest BCUT2D eigenvalue weighted by Gasteiger charge is -2.48. The molecule has 1 N–H and O–H groups in total. The van der Waals surface area contributed by atoms with Crippen molar-refractivity contribution in [2.75, 3.05) is 13.7 Å². The summed E-state index contributed by atoms with van der Waals surface area (Å²) in [4.78, 5) is 0. The predicted octanol–water partition coefficient (Wildman–Crippen LogP) is 4.08. The first-order valence-electron chi connectivity index (χ1n) is 8.29. The van der Waals surface area contributed by atoms with Gasteiger partial charge in [-0.1, -0.05) is 26.3 Å². The predicted molar refractivity (Wildman–Crippen MR) is 85.0 cm³/mol. The highest BCUT2D eigenvalue weighted by Gasteiger charge is 2.46. The third kappa shape index (κ3) is 2.64. The zero-order chi connectivity index (χ0) is 14.9. The van der Waals surface area contributed by atoms with E-state index in [1.165, 1.54) is 31.2 Å². The SMILES string of the molecule is CCNC1CC2(CCCCC2C)Oc2cc(OC)ccc21. The second kappa shape index (κ2) is 5.88. The van der Waals surface area contributed by atoms with Crippen LogP contribution in [0.3, 0.4) is 0 Å². The second-order valence-electron chi connectivity index (χ2n) is 6.53. The van der Waals surface area contributed by atoms with Gasteiger partial charge in [0.15, 0.2) is 0 Å². The van der Waals surface area contributed by atoms with E-state index in [4.69, 9.17) is 9.47 Å². The van der Waals surface area contributed by atoms with Crippen LogP contribution in [0.2, 0.25) is 0 Å². The molecular weight excluding hydrogens is 262 g/mol. The zero-order valence-corrected chi connectivity index (χ0v) is 13.4. The Morgan fingerprint density at radius 2 is 2.24 bits per heavy atom. The van der Waals surface area contributed by atoms with E-state index < -0.39 is 0 Å². The maximum atomic E-state index is 6.57. The number of methoxy groups -OCH3 is 1. The lowest BCUT2D eigenvalue weighted by Crippen LogP contribution is -2.50. The van der Waals surface area contributed by atoms with E-state index in [1.54, 1.807) is 7.11 Å². The summed E-state index contributed by atoms with van der Waals surface area (Å²) in [6.07, 6.45) is 6.15. The van der Waals surface area contributed by atoms with E-state index in [9.17, 15) is 0 Å². The van der Waals surface area contributed by atoms with Crippen LogP contribution in [0.25, 0.3) is 0 Å². The van der Waals surface area contributed by atoms with E-state index in [1.807, 2.05) is 6.07 Å². The normalized spacial score (nSPS) is 31.6. The molecule has 1 fully saturated rings. The Morgan fingerprint density at radius 3 is 2.95 bits per heavy atom. The lowest BCUT2D eigenvalue weighted by molar-refractivity contribution is -0.0443. The summed E-state index contributed by atoms with van der Waals surface area (Å²) in [6, 6.07) is 6.64. The Bertz CT molecular complexity index is 502. The fourth-order valence-corrected chi connectivity index (χ4v) is 4.00. The van der Waals surface area contributed by atoms with Gasteiger partial charge < -0.3 is 14.8 Å². The molecule has 1 aromatic carbocycles. The highest BCUT2D eigenvalue weighted by atomic mass is 16.5. The number of benzene rings is 1. The number of nitrogens with one attached hydrogen (secondary N) is 1. The molecule has 0 saturated heterocycles. The minimum atomic E-state index is 0.00442. The van der Waals surface area contributed by atoms with Crippen molar-refractivity contribution in [2.45, 2.75) is 57.6 Å². The van der Waals surface area contributed by atoms with Crippen molar-refractivity contribution in [1.29, 1.82) is 0 Å². The van der Waals surface area contributed by atoms with Crippen LogP contribution in [0.4, 0.5) is 0 Å². The summed E-state index contributed by atoms with van der Waals surface area (Å²) in [5, 5.41) is 3.65. The highest BCUT2D eigenvalue weighted by Crippen LogP contribution is 2.49. The van der Waals surface area contributed by atoms with Crippen molar-refractivity contribution >= 4 is 0 Å². The molecule has 0 bridgehead atoms. The molecule has 0 amide bonds. The first-order chi connectivity index (χ1) is 10.2. The Morgan fingerprint density at radius 1 is 1.38 bits per heavy atom. The minimum Gasteiger partial charge on any atom is -0.497 e. The van der Waals surface area contributed by atoms with E-state index in [0.29, 0.717) is 12.0 Å². The van der Waals surface area contributed by atoms with Crippen LogP contribution >= 0.6 is 0 Å². The first kappa shape index (κ1) is 14.7. The summed E-state index contributed by atoms with van der Waals surface area (Å²) >= 11 is 0. The standard InChI is InChI=1S/C18H27NO2/c1-4-19-16-12-18(10-6-5-7-13(18)2)21-17-11-14(20-3)8-9-15(16)17/h8-9,11,13,16,19H,4-7,10,12H2,1-3H3. The topological polar surface area (TPSA) is 30.5 Å². The van der Waals surface area contributed by atoms with Gasteiger partial charge in [-0.3, -0.25) is 0 Å². The van der Waals surface area contributed by atoms with Crippen molar-refractivity contribution in [1.82, 2.24) is 5.32 Å². The van der Waals surface area contributed by atoms with Gasteiger partial charge >= 0.3 is 0 Å². The summed E-state index contributed by atoms with van der Waals surface area (Å²) in [5.74, 6) is 2.51. The molecule has 2 aliphatic rings. The highest BCUT2D eigenvalue weighted by molar-refractivity contribution is 5.44. The van der Waals surface area contributed by atoms with E-state index in [-0.39, 0.29) is 5.60 Å². The molecule has 1 aliphatic heterocycles. The van der Waals surface area contributed by atoms with Crippen molar-refractivity contribution in [3.05, 3.63) is 23.8 Å². The Kier molecular flexibility index (Phi) is 4.12. The molecule has 1 spiro atoms. The van der Waals surface area contributed by atoms with Gasteiger partial charge in [0.25, 0.3) is 0 Å². The zero-order valence-electron chi connectivity index (χ0n) is 13.4. The largest absolute Gasteiger partial charge is 0.497 e. The number of ether oxygens (including phenoxy) is 2. The van der Waals surface area contributed by atoms with Gasteiger partial charge in [-0.2, -0.15) is 0 Å². The van der Waals surface area contributed by atoms with E-state index in [0.717, 1.165) is 24.5 Å². The average Bonchev–Trinajstić information content (AvgIpc) is 2.50. The molecule has 3 atom stereocenters. The van der Waals surface area contributed by atoms with Crippen molar-refractivity contribution in [3.8, 4) is 11.5 Å². The fraction of sp³-hybridized carbons (Fsp3) is 0.667. The number of fused-ring (bicyclic) bond motifs is 1. The number of hydrogen-bond donors (Lipinski definition) is 1. The van der Waals surface area contributed by atoms with Crippen LogP contribution in [0.1, 0.15) is 57.6 Å². The second-order valence-corrected chi connectivity index (χ2v) is 6.53. The molecule has 3 heteroatoms. The van der Waals surface area contributed by atoms with Crippen molar-refractivity contribution in [2.24, 2.45) is 5.92 Å². The molecule has 21 heavy (non-hydrogen) atoms. The average molecular weight is 289 g/mol. The molecule has 1 heterocycles. The molecular formula is C18H27NO2. The fourth-order valence-electron chi connectivity index (χ4n) is 4.00. The van der Waals surface area contributed by atoms with Gasteiger partial charge in [-0.25, -0.2) is 0 Å². The molecule has 3 unspecified atom stereocenters. The van der Waals surface area contributed by atoms with Crippen molar-refractivity contribution < 1.29 is 9.47 Å². The minimum absolute atomic E-state index is 0.00442. The molecule has 1 aliphatic carbocycles. The monoisotopic (exact) mass is 289 g/mol. The summed E-state index contributed by atoms with van der Waals surface area (Å²) in [5.41, 5.74) is 1.28. The van der Waals surface area contributed by atoms with Gasteiger partial charge in [0.1, 0.15) is 17.1 Å². The van der Waals surface area contributed by atoms with Crippen LogP contribution in [-0.2, 0) is 0 Å². The summed E-state index contributed by atoms with van der Waals surface area (Å²) in [7, 11) is 1.71. The summed E-state index contributed by atoms with van der Waals surface area (Å²) in [6.45, 7) is 5.52. The Balaban J connectivity index is 1.98. The van der Waals surface area contributed by atoms with Crippen LogP contribution in [0.15, 0.2) is 18.2 Å². The third-order valence-corrected chi connectivity index (χ3v) is 5.29. The first-order valence-corrected chi connectivity index (χ1v) is 8.29. The van der Waals surface area contributed by atoms with Gasteiger partial charge in [-0.15, -0.1) is 0 Å². The van der Waals surface area contributed by atoms with Crippen LogP contribution < -0.4 is 14.8 Å². The molecule has 3 rings (SSSR count). The smallest absolute Gasteiger partial charge is 0.128 e. The number of hydrogen-bond acceptors (Lipinski definition) is 3. The van der Waals surface area contributed by atoms with Gasteiger partial charge in [0.2, 0.25) is 0 Å². The Labute approximate surface area is 128 Å². The maximum absolute atomic E-state index is 6.57. The quantitative estimate of drug-likeness (QED) is 0.909. The van der Waals surface area contributed by atoms with Crippen LogP contribution in [-0.4, -0.2) is 19.3 Å². The van der Waals surface area contributed by atoms with Gasteiger partial charge in [0, 0.05) is 24.1 Å². The molecule has 0 aromatic heterocycles. The van der Waals surface area contributed by atoms with Crippen LogP contribution in [0.5, 0.6) is 11.5 Å². The maximum Gasteiger partial charge on any atom is 0.128 e. The molecule has 3 nitrogen and oxygen atoms in total. The van der Waals surface area contributed by atoms with Crippen LogP contribution in [0, 0.1) is 5.92 Å². The molecule has 116 valence electrons. The molecule has 0 radical (unpaired) electrons. The van der Waals surface area contributed by atoms with E-state index in [2.05, 4.69) is 31.3 Å². The molecule has 1 aromatic rings. The van der Waals surface area contributed by atoms with Gasteiger partial charge in [-0.05, 0) is 37.8 Å². The lowest BCUT2D eigenvalue weighted by atomic mass is 9.70. The Hall–Kier alpha value is -1.22. The van der Waals surface area contributed by atoms with Crippen molar-refractivity contribution in [3.63, 3.8) is 0 Å². The molecule has 1 saturated carbocycles. The summed E-state index contributed by atoms with van der Waals surface area (Å²) < 4.78 is 11.9.